The molecule has 0 radical (unpaired) electrons. The smallest absolute Gasteiger partial charge is 0.244 e. The van der Waals surface area contributed by atoms with Crippen molar-refractivity contribution < 1.29 is 4.79 Å². The summed E-state index contributed by atoms with van der Waals surface area (Å²) >= 11 is 4.94. The molecular weight excluding hydrogens is 336 g/mol. The first-order valence-electron chi connectivity index (χ1n) is 6.18. The molecule has 0 atom stereocenters. The third-order valence-corrected chi connectivity index (χ3v) is 4.38. The molecule has 0 unspecified atom stereocenters. The van der Waals surface area contributed by atoms with Crippen LogP contribution < -0.4 is 5.43 Å². The van der Waals surface area contributed by atoms with Crippen LogP contribution in [0.15, 0.2) is 39.2 Å². The summed E-state index contributed by atoms with van der Waals surface area (Å²) in [5.74, 6) is -0.108. The van der Waals surface area contributed by atoms with E-state index < -0.39 is 0 Å². The van der Waals surface area contributed by atoms with Crippen LogP contribution in [0.25, 0.3) is 0 Å². The Morgan fingerprint density at radius 1 is 1.35 bits per heavy atom. The van der Waals surface area contributed by atoms with E-state index >= 15 is 0 Å². The molecule has 20 heavy (non-hydrogen) atoms. The van der Waals surface area contributed by atoms with Gasteiger partial charge >= 0.3 is 0 Å². The zero-order chi connectivity index (χ0) is 14.5. The minimum absolute atomic E-state index is 0.108. The van der Waals surface area contributed by atoms with Gasteiger partial charge in [0.25, 0.3) is 0 Å². The number of nitrogens with zero attached hydrogens (tertiary/aromatic N) is 1. The van der Waals surface area contributed by atoms with Gasteiger partial charge in [-0.15, -0.1) is 11.3 Å². The summed E-state index contributed by atoms with van der Waals surface area (Å²) in [6.07, 6.45) is 1.99. The highest BCUT2D eigenvalue weighted by Gasteiger charge is 2.05. The molecule has 0 saturated carbocycles. The zero-order valence-corrected chi connectivity index (χ0v) is 13.7. The van der Waals surface area contributed by atoms with Gasteiger partial charge in [0, 0.05) is 4.88 Å². The third kappa shape index (κ3) is 4.28. The SMILES string of the molecule is Cc1ccc(CC(=O)N/N=C/c2ccc(Br)s2)c(C)c1. The predicted octanol–water partition coefficient (Wildman–Crippen LogP) is 3.82. The van der Waals surface area contributed by atoms with Crippen LogP contribution in [-0.4, -0.2) is 12.1 Å². The minimum atomic E-state index is -0.108. The van der Waals surface area contributed by atoms with Gasteiger partial charge in [-0.3, -0.25) is 4.79 Å². The van der Waals surface area contributed by atoms with E-state index in [0.717, 1.165) is 19.8 Å². The van der Waals surface area contributed by atoms with Gasteiger partial charge in [-0.25, -0.2) is 5.43 Å². The molecule has 0 bridgehead atoms. The first-order valence-corrected chi connectivity index (χ1v) is 7.79. The molecule has 2 aromatic rings. The first kappa shape index (κ1) is 14.9. The van der Waals surface area contributed by atoms with Crippen molar-refractivity contribution in [2.45, 2.75) is 20.3 Å². The summed E-state index contributed by atoms with van der Waals surface area (Å²) in [6.45, 7) is 4.06. The number of amides is 1. The Morgan fingerprint density at radius 2 is 2.15 bits per heavy atom. The number of hydrazone groups is 1. The Labute approximate surface area is 130 Å². The summed E-state index contributed by atoms with van der Waals surface area (Å²) in [5, 5.41) is 3.96. The van der Waals surface area contributed by atoms with Crippen molar-refractivity contribution >= 4 is 39.4 Å². The Kier molecular flexibility index (Phi) is 5.09. The Bertz CT molecular complexity index is 649. The number of benzene rings is 1. The molecule has 0 fully saturated rings. The lowest BCUT2D eigenvalue weighted by molar-refractivity contribution is -0.120. The average Bonchev–Trinajstić information content (AvgIpc) is 2.79. The molecule has 1 heterocycles. The van der Waals surface area contributed by atoms with Crippen LogP contribution in [0, 0.1) is 13.8 Å². The highest BCUT2D eigenvalue weighted by atomic mass is 79.9. The molecule has 0 aliphatic heterocycles. The monoisotopic (exact) mass is 350 g/mol. The van der Waals surface area contributed by atoms with Crippen LogP contribution in [0.5, 0.6) is 0 Å². The number of halogens is 1. The van der Waals surface area contributed by atoms with E-state index in [-0.39, 0.29) is 5.91 Å². The van der Waals surface area contributed by atoms with Crippen molar-refractivity contribution in [2.24, 2.45) is 5.10 Å². The van der Waals surface area contributed by atoms with E-state index in [2.05, 4.69) is 32.5 Å². The molecule has 0 aliphatic rings. The standard InChI is InChI=1S/C15H15BrN2OS/c1-10-3-4-12(11(2)7-10)8-15(19)18-17-9-13-5-6-14(16)20-13/h3-7,9H,8H2,1-2H3,(H,18,19)/b17-9+. The number of nitrogens with one attached hydrogen (secondary N) is 1. The van der Waals surface area contributed by atoms with E-state index in [1.807, 2.05) is 38.1 Å². The number of rotatable bonds is 4. The van der Waals surface area contributed by atoms with Crippen LogP contribution in [0.4, 0.5) is 0 Å². The minimum Gasteiger partial charge on any atom is -0.273 e. The summed E-state index contributed by atoms with van der Waals surface area (Å²) in [5.41, 5.74) is 5.92. The summed E-state index contributed by atoms with van der Waals surface area (Å²) in [7, 11) is 0. The van der Waals surface area contributed by atoms with Gasteiger partial charge in [0.05, 0.1) is 16.4 Å². The lowest BCUT2D eigenvalue weighted by Gasteiger charge is -2.05. The van der Waals surface area contributed by atoms with Gasteiger partial charge in [-0.1, -0.05) is 23.8 Å². The average molecular weight is 351 g/mol. The van der Waals surface area contributed by atoms with Crippen LogP contribution in [0.3, 0.4) is 0 Å². The van der Waals surface area contributed by atoms with Gasteiger partial charge in [0.1, 0.15) is 0 Å². The molecule has 3 nitrogen and oxygen atoms in total. The van der Waals surface area contributed by atoms with Crippen molar-refractivity contribution in [1.29, 1.82) is 0 Å². The van der Waals surface area contributed by atoms with E-state index in [1.54, 1.807) is 17.6 Å². The number of thiophene rings is 1. The maximum Gasteiger partial charge on any atom is 0.244 e. The Balaban J connectivity index is 1.91. The normalized spacial score (nSPS) is 10.9. The quantitative estimate of drug-likeness (QED) is 0.660. The van der Waals surface area contributed by atoms with Gasteiger partial charge < -0.3 is 0 Å². The fourth-order valence-corrected chi connectivity index (χ4v) is 3.12. The van der Waals surface area contributed by atoms with Crippen LogP contribution in [-0.2, 0) is 11.2 Å². The topological polar surface area (TPSA) is 41.5 Å². The van der Waals surface area contributed by atoms with Crippen LogP contribution >= 0.6 is 27.3 Å². The van der Waals surface area contributed by atoms with Crippen molar-refractivity contribution in [3.63, 3.8) is 0 Å². The maximum absolute atomic E-state index is 11.8. The van der Waals surface area contributed by atoms with Gasteiger partial charge in [0.2, 0.25) is 5.91 Å². The highest BCUT2D eigenvalue weighted by Crippen LogP contribution is 2.20. The van der Waals surface area contributed by atoms with Crippen molar-refractivity contribution in [3.8, 4) is 0 Å². The zero-order valence-electron chi connectivity index (χ0n) is 11.3. The number of aryl methyl sites for hydroxylation is 2. The van der Waals surface area contributed by atoms with E-state index in [1.165, 1.54) is 5.56 Å². The molecule has 1 amide bonds. The second-order valence-electron chi connectivity index (χ2n) is 4.54. The largest absolute Gasteiger partial charge is 0.273 e. The number of carbonyl (C=O) groups excluding carboxylic acids is 1. The molecular formula is C15H15BrN2OS. The lowest BCUT2D eigenvalue weighted by Crippen LogP contribution is -2.20. The van der Waals surface area contributed by atoms with E-state index in [9.17, 15) is 4.79 Å². The fraction of sp³-hybridized carbons (Fsp3) is 0.200. The summed E-state index contributed by atoms with van der Waals surface area (Å²) in [6, 6.07) is 9.97. The van der Waals surface area contributed by atoms with Gasteiger partial charge in [-0.05, 0) is 53.0 Å². The molecule has 5 heteroatoms. The number of hydrogen-bond donors (Lipinski definition) is 1. The molecule has 1 N–H and O–H groups in total. The molecule has 1 aromatic heterocycles. The Morgan fingerprint density at radius 3 is 2.80 bits per heavy atom. The third-order valence-electron chi connectivity index (χ3n) is 2.82. The second-order valence-corrected chi connectivity index (χ2v) is 7.04. The molecule has 0 aliphatic carbocycles. The molecule has 2 rings (SSSR count). The van der Waals surface area contributed by atoms with E-state index in [4.69, 9.17) is 0 Å². The predicted molar refractivity (Wildman–Crippen MR) is 87.4 cm³/mol. The summed E-state index contributed by atoms with van der Waals surface area (Å²) in [4.78, 5) is 12.8. The second kappa shape index (κ2) is 6.81. The van der Waals surface area contributed by atoms with Crippen molar-refractivity contribution in [2.75, 3.05) is 0 Å². The molecule has 104 valence electrons. The summed E-state index contributed by atoms with van der Waals surface area (Å²) < 4.78 is 1.04. The number of hydrogen-bond acceptors (Lipinski definition) is 3. The van der Waals surface area contributed by atoms with Crippen LogP contribution in [0.2, 0.25) is 0 Å². The Hall–Kier alpha value is -1.46. The maximum atomic E-state index is 11.8. The fourth-order valence-electron chi connectivity index (χ4n) is 1.82. The van der Waals surface area contributed by atoms with Gasteiger partial charge in [0.15, 0.2) is 0 Å². The van der Waals surface area contributed by atoms with Crippen LogP contribution in [0.1, 0.15) is 21.6 Å². The molecule has 1 aromatic carbocycles. The first-order chi connectivity index (χ1) is 9.54. The van der Waals surface area contributed by atoms with Gasteiger partial charge in [-0.2, -0.15) is 5.10 Å². The van der Waals surface area contributed by atoms with Crippen molar-refractivity contribution in [1.82, 2.24) is 5.43 Å². The molecule has 0 spiro atoms. The number of carbonyl (C=O) groups is 1. The highest BCUT2D eigenvalue weighted by molar-refractivity contribution is 9.11. The van der Waals surface area contributed by atoms with Crippen molar-refractivity contribution in [3.05, 3.63) is 55.7 Å². The lowest BCUT2D eigenvalue weighted by atomic mass is 10.0. The van der Waals surface area contributed by atoms with E-state index in [0.29, 0.717) is 6.42 Å². The molecule has 0 saturated heterocycles.